The molecule has 0 radical (unpaired) electrons. The number of carbonyl (C=O) groups is 1. The van der Waals surface area contributed by atoms with Crippen molar-refractivity contribution >= 4 is 17.2 Å². The Morgan fingerprint density at radius 3 is 2.65 bits per heavy atom. The van der Waals surface area contributed by atoms with Crippen LogP contribution in [0.3, 0.4) is 0 Å². The van der Waals surface area contributed by atoms with Gasteiger partial charge in [-0.25, -0.2) is 4.98 Å². The van der Waals surface area contributed by atoms with Crippen LogP contribution in [0.15, 0.2) is 52.5 Å². The zero-order chi connectivity index (χ0) is 18.1. The molecule has 2 heterocycles. The second-order valence-corrected chi connectivity index (χ2v) is 7.92. The average Bonchev–Trinajstić information content (AvgIpc) is 3.15. The van der Waals surface area contributed by atoms with Crippen LogP contribution in [-0.4, -0.2) is 21.8 Å². The van der Waals surface area contributed by atoms with Gasteiger partial charge in [0.15, 0.2) is 0 Å². The summed E-state index contributed by atoms with van der Waals surface area (Å²) < 4.78 is 5.42. The van der Waals surface area contributed by atoms with E-state index in [1.807, 2.05) is 22.4 Å². The normalized spacial score (nSPS) is 14.0. The van der Waals surface area contributed by atoms with Gasteiger partial charge in [-0.15, -0.1) is 11.3 Å². The third kappa shape index (κ3) is 3.58. The number of aromatic nitrogens is 1. The molecule has 0 atom stereocenters. The van der Waals surface area contributed by atoms with E-state index in [0.29, 0.717) is 24.2 Å². The maximum atomic E-state index is 13.0. The van der Waals surface area contributed by atoms with E-state index in [0.717, 1.165) is 29.2 Å². The monoisotopic (exact) mass is 366 g/mol. The molecule has 1 aromatic carbocycles. The van der Waals surface area contributed by atoms with Gasteiger partial charge in [0.25, 0.3) is 5.91 Å². The summed E-state index contributed by atoms with van der Waals surface area (Å²) in [6.07, 6.45) is 3.76. The number of hydrogen-bond donors (Lipinski definition) is 0. The smallest absolute Gasteiger partial charge is 0.274 e. The number of carbonyl (C=O) groups excluding carboxylic acids is 1. The van der Waals surface area contributed by atoms with Crippen molar-refractivity contribution in [1.82, 2.24) is 9.88 Å². The highest BCUT2D eigenvalue weighted by Crippen LogP contribution is 2.31. The summed E-state index contributed by atoms with van der Waals surface area (Å²) in [5.41, 5.74) is 2.89. The van der Waals surface area contributed by atoms with Gasteiger partial charge in [0.1, 0.15) is 16.5 Å². The van der Waals surface area contributed by atoms with Gasteiger partial charge in [-0.05, 0) is 36.5 Å². The minimum absolute atomic E-state index is 0.00907. The van der Waals surface area contributed by atoms with Gasteiger partial charge in [-0.1, -0.05) is 38.1 Å². The first kappa shape index (κ1) is 17.0. The maximum absolute atomic E-state index is 13.0. The molecule has 1 aliphatic rings. The van der Waals surface area contributed by atoms with E-state index < -0.39 is 0 Å². The SMILES string of the molecule is CC(C)c1ccc(-c2nc(C(=O)N(Cc3ccco3)C3CC3)cs2)cc1. The molecular weight excluding hydrogens is 344 g/mol. The Kier molecular flexibility index (Phi) is 4.64. The van der Waals surface area contributed by atoms with E-state index in [9.17, 15) is 4.79 Å². The van der Waals surface area contributed by atoms with Crippen molar-refractivity contribution in [1.29, 1.82) is 0 Å². The van der Waals surface area contributed by atoms with Gasteiger partial charge >= 0.3 is 0 Å². The van der Waals surface area contributed by atoms with Crippen molar-refractivity contribution in [3.8, 4) is 10.6 Å². The molecule has 0 bridgehead atoms. The first-order valence-electron chi connectivity index (χ1n) is 9.01. The Bertz CT molecular complexity index is 877. The second-order valence-electron chi connectivity index (χ2n) is 7.06. The molecule has 2 aromatic heterocycles. The van der Waals surface area contributed by atoms with E-state index in [-0.39, 0.29) is 5.91 Å². The molecule has 4 nitrogen and oxygen atoms in total. The molecule has 134 valence electrons. The number of amides is 1. The molecule has 1 saturated carbocycles. The van der Waals surface area contributed by atoms with Gasteiger partial charge in [-0.3, -0.25) is 4.79 Å². The zero-order valence-corrected chi connectivity index (χ0v) is 15.8. The van der Waals surface area contributed by atoms with Crippen molar-refractivity contribution in [2.75, 3.05) is 0 Å². The van der Waals surface area contributed by atoms with Crippen molar-refractivity contribution < 1.29 is 9.21 Å². The molecule has 1 fully saturated rings. The third-order valence-electron chi connectivity index (χ3n) is 4.70. The summed E-state index contributed by atoms with van der Waals surface area (Å²) in [5, 5.41) is 2.75. The lowest BCUT2D eigenvalue weighted by atomic mass is 10.0. The Hall–Kier alpha value is -2.40. The molecule has 1 amide bonds. The lowest BCUT2D eigenvalue weighted by Crippen LogP contribution is -2.32. The number of hydrogen-bond acceptors (Lipinski definition) is 4. The van der Waals surface area contributed by atoms with Crippen molar-refractivity contribution in [3.63, 3.8) is 0 Å². The Morgan fingerprint density at radius 2 is 2.04 bits per heavy atom. The number of rotatable bonds is 6. The van der Waals surface area contributed by atoms with Gasteiger partial charge < -0.3 is 9.32 Å². The van der Waals surface area contributed by atoms with Crippen molar-refractivity contribution in [2.45, 2.75) is 45.2 Å². The van der Waals surface area contributed by atoms with Crippen LogP contribution in [-0.2, 0) is 6.54 Å². The van der Waals surface area contributed by atoms with Gasteiger partial charge in [0.05, 0.1) is 12.8 Å². The number of nitrogens with zero attached hydrogens (tertiary/aromatic N) is 2. The first-order valence-corrected chi connectivity index (χ1v) is 9.89. The van der Waals surface area contributed by atoms with Crippen LogP contribution in [0, 0.1) is 0 Å². The average molecular weight is 366 g/mol. The van der Waals surface area contributed by atoms with Crippen LogP contribution in [0.1, 0.15) is 54.4 Å². The van der Waals surface area contributed by atoms with E-state index in [1.54, 1.807) is 6.26 Å². The fraction of sp³-hybridized carbons (Fsp3) is 0.333. The number of benzene rings is 1. The summed E-state index contributed by atoms with van der Waals surface area (Å²) in [7, 11) is 0. The highest BCUT2D eigenvalue weighted by molar-refractivity contribution is 7.13. The molecule has 3 aromatic rings. The van der Waals surface area contributed by atoms with Gasteiger partial charge in [-0.2, -0.15) is 0 Å². The highest BCUT2D eigenvalue weighted by Gasteiger charge is 2.34. The Balaban J connectivity index is 1.53. The van der Waals surface area contributed by atoms with Crippen LogP contribution >= 0.6 is 11.3 Å². The predicted octanol–water partition coefficient (Wildman–Crippen LogP) is 5.33. The van der Waals surface area contributed by atoms with Crippen LogP contribution in [0.5, 0.6) is 0 Å². The van der Waals surface area contributed by atoms with Crippen LogP contribution in [0.25, 0.3) is 10.6 Å². The third-order valence-corrected chi connectivity index (χ3v) is 5.59. The van der Waals surface area contributed by atoms with E-state index in [4.69, 9.17) is 4.42 Å². The molecule has 0 unspecified atom stereocenters. The predicted molar refractivity (Wildman–Crippen MR) is 103 cm³/mol. The lowest BCUT2D eigenvalue weighted by Gasteiger charge is -2.20. The molecule has 0 N–H and O–H groups in total. The van der Waals surface area contributed by atoms with E-state index in [2.05, 4.69) is 43.1 Å². The molecule has 5 heteroatoms. The van der Waals surface area contributed by atoms with Crippen molar-refractivity contribution in [2.24, 2.45) is 0 Å². The molecule has 1 aliphatic carbocycles. The standard InChI is InChI=1S/C21H22N2O2S/c1-14(2)15-5-7-16(8-6-15)20-22-19(13-26-20)21(24)23(17-9-10-17)12-18-4-3-11-25-18/h3-8,11,13-14,17H,9-10,12H2,1-2H3. The van der Waals surface area contributed by atoms with Crippen LogP contribution in [0.2, 0.25) is 0 Å². The fourth-order valence-electron chi connectivity index (χ4n) is 2.99. The van der Waals surface area contributed by atoms with Crippen LogP contribution < -0.4 is 0 Å². The fourth-order valence-corrected chi connectivity index (χ4v) is 3.79. The van der Waals surface area contributed by atoms with Crippen molar-refractivity contribution in [3.05, 3.63) is 65.1 Å². The summed E-state index contributed by atoms with van der Waals surface area (Å²) in [4.78, 5) is 19.5. The Morgan fingerprint density at radius 1 is 1.27 bits per heavy atom. The Labute approximate surface area is 157 Å². The first-order chi connectivity index (χ1) is 12.6. The summed E-state index contributed by atoms with van der Waals surface area (Å²) in [6, 6.07) is 12.5. The molecule has 4 rings (SSSR count). The second kappa shape index (κ2) is 7.08. The van der Waals surface area contributed by atoms with Gasteiger partial charge in [0.2, 0.25) is 0 Å². The largest absolute Gasteiger partial charge is 0.467 e. The maximum Gasteiger partial charge on any atom is 0.274 e. The molecule has 0 saturated heterocycles. The molecule has 0 aliphatic heterocycles. The minimum atomic E-state index is -0.00907. The zero-order valence-electron chi connectivity index (χ0n) is 15.0. The summed E-state index contributed by atoms with van der Waals surface area (Å²) in [6.45, 7) is 4.87. The quantitative estimate of drug-likeness (QED) is 0.592. The minimum Gasteiger partial charge on any atom is -0.467 e. The number of thiazole rings is 1. The number of furan rings is 1. The highest BCUT2D eigenvalue weighted by atomic mass is 32.1. The topological polar surface area (TPSA) is 46.3 Å². The summed E-state index contributed by atoms with van der Waals surface area (Å²) >= 11 is 1.52. The lowest BCUT2D eigenvalue weighted by molar-refractivity contribution is 0.0712. The van der Waals surface area contributed by atoms with Gasteiger partial charge in [0, 0.05) is 17.0 Å². The molecule has 26 heavy (non-hydrogen) atoms. The molecular formula is C21H22N2O2S. The summed E-state index contributed by atoms with van der Waals surface area (Å²) in [5.74, 6) is 1.31. The van der Waals surface area contributed by atoms with Crippen LogP contribution in [0.4, 0.5) is 0 Å². The van der Waals surface area contributed by atoms with E-state index in [1.165, 1.54) is 16.9 Å². The van der Waals surface area contributed by atoms with E-state index >= 15 is 0 Å². The molecule has 0 spiro atoms.